The Labute approximate surface area is 129 Å². The largest absolute Gasteiger partial charge is 0.480 e. The minimum absolute atomic E-state index is 0.156. The maximum absolute atomic E-state index is 11.9. The molecule has 116 valence electrons. The Morgan fingerprint density at radius 2 is 1.90 bits per heavy atom. The molecule has 0 aliphatic carbocycles. The molecular weight excluding hydrogens is 288 g/mol. The summed E-state index contributed by atoms with van der Waals surface area (Å²) in [5.74, 6) is -1.08. The topological polar surface area (TPSA) is 92.4 Å². The summed E-state index contributed by atoms with van der Waals surface area (Å²) in [6.07, 6.45) is 0.950. The molecule has 0 radical (unpaired) electrons. The van der Waals surface area contributed by atoms with Gasteiger partial charge in [0.25, 0.3) is 0 Å². The summed E-state index contributed by atoms with van der Waals surface area (Å²) in [6, 6.07) is 6.63. The summed E-state index contributed by atoms with van der Waals surface area (Å²) in [7, 11) is 0. The zero-order valence-corrected chi connectivity index (χ0v) is 13.4. The molecule has 6 heteroatoms. The van der Waals surface area contributed by atoms with E-state index in [2.05, 4.69) is 12.2 Å². The van der Waals surface area contributed by atoms with Crippen LogP contribution in [-0.4, -0.2) is 33.5 Å². The van der Waals surface area contributed by atoms with Gasteiger partial charge < -0.3 is 16.2 Å². The third-order valence-electron chi connectivity index (χ3n) is 3.24. The summed E-state index contributed by atoms with van der Waals surface area (Å²) < 4.78 is -0.713. The summed E-state index contributed by atoms with van der Waals surface area (Å²) in [5.41, 5.74) is 7.55. The SMILES string of the molecule is CCc1ccc(NC(=O)CSC(C)(C)[C@H](N)C(=O)O)cc1. The lowest BCUT2D eigenvalue weighted by Crippen LogP contribution is -2.47. The van der Waals surface area contributed by atoms with Gasteiger partial charge >= 0.3 is 5.97 Å². The molecule has 0 fully saturated rings. The number of benzene rings is 1. The van der Waals surface area contributed by atoms with Gasteiger partial charge in [-0.05, 0) is 38.0 Å². The minimum atomic E-state index is -1.07. The second-order valence-corrected chi connectivity index (χ2v) is 6.94. The first-order valence-corrected chi connectivity index (χ1v) is 7.76. The van der Waals surface area contributed by atoms with Crippen LogP contribution >= 0.6 is 11.8 Å². The molecule has 4 N–H and O–H groups in total. The van der Waals surface area contributed by atoms with Gasteiger partial charge in [0.15, 0.2) is 0 Å². The maximum Gasteiger partial charge on any atom is 0.321 e. The molecule has 0 spiro atoms. The molecule has 0 aliphatic heterocycles. The van der Waals surface area contributed by atoms with Gasteiger partial charge in [-0.2, -0.15) is 0 Å². The van der Waals surface area contributed by atoms with Crippen LogP contribution in [-0.2, 0) is 16.0 Å². The highest BCUT2D eigenvalue weighted by molar-refractivity contribution is 8.01. The van der Waals surface area contributed by atoms with Crippen molar-refractivity contribution in [1.82, 2.24) is 0 Å². The second-order valence-electron chi connectivity index (χ2n) is 5.31. The van der Waals surface area contributed by atoms with Crippen molar-refractivity contribution >= 4 is 29.3 Å². The van der Waals surface area contributed by atoms with Crippen molar-refractivity contribution in [2.75, 3.05) is 11.1 Å². The Morgan fingerprint density at radius 1 is 1.33 bits per heavy atom. The van der Waals surface area contributed by atoms with Gasteiger partial charge in [0.2, 0.25) is 5.91 Å². The fourth-order valence-corrected chi connectivity index (χ4v) is 2.52. The first kappa shape index (κ1) is 17.5. The number of anilines is 1. The molecule has 1 aromatic carbocycles. The lowest BCUT2D eigenvalue weighted by molar-refractivity contribution is -0.139. The summed E-state index contributed by atoms with van der Waals surface area (Å²) in [4.78, 5) is 22.8. The van der Waals surface area contributed by atoms with E-state index >= 15 is 0 Å². The van der Waals surface area contributed by atoms with Crippen molar-refractivity contribution in [3.8, 4) is 0 Å². The van der Waals surface area contributed by atoms with E-state index < -0.39 is 16.8 Å². The number of rotatable bonds is 7. The first-order chi connectivity index (χ1) is 9.76. The Morgan fingerprint density at radius 3 is 2.38 bits per heavy atom. The molecule has 1 rings (SSSR count). The van der Waals surface area contributed by atoms with E-state index in [1.165, 1.54) is 17.3 Å². The van der Waals surface area contributed by atoms with Crippen LogP contribution in [0.4, 0.5) is 5.69 Å². The number of nitrogens with two attached hydrogens (primary N) is 1. The van der Waals surface area contributed by atoms with Gasteiger partial charge in [0.05, 0.1) is 5.75 Å². The fourth-order valence-electron chi connectivity index (χ4n) is 1.66. The lowest BCUT2D eigenvalue weighted by atomic mass is 10.1. The standard InChI is InChI=1S/C15H22N2O3S/c1-4-10-5-7-11(8-6-10)17-12(18)9-21-15(2,3)13(16)14(19)20/h5-8,13H,4,9,16H2,1-3H3,(H,17,18)(H,19,20)/t13-/m1/s1. The number of carboxylic acids is 1. The number of carbonyl (C=O) groups excluding carboxylic acids is 1. The van der Waals surface area contributed by atoms with Crippen LogP contribution in [0.5, 0.6) is 0 Å². The quantitative estimate of drug-likeness (QED) is 0.717. The number of carboxylic acid groups (broad SMARTS) is 1. The van der Waals surface area contributed by atoms with E-state index in [-0.39, 0.29) is 11.7 Å². The number of aliphatic carboxylic acids is 1. The highest BCUT2D eigenvalue weighted by Gasteiger charge is 2.33. The molecular formula is C15H22N2O3S. The van der Waals surface area contributed by atoms with Crippen LogP contribution in [0, 0.1) is 0 Å². The number of carbonyl (C=O) groups is 2. The fraction of sp³-hybridized carbons (Fsp3) is 0.467. The number of thioether (sulfide) groups is 1. The number of nitrogens with one attached hydrogen (secondary N) is 1. The molecule has 0 aliphatic rings. The Hall–Kier alpha value is -1.53. The molecule has 0 saturated heterocycles. The molecule has 1 atom stereocenters. The molecule has 0 saturated carbocycles. The predicted octanol–water partition coefficient (Wildman–Crippen LogP) is 2.11. The zero-order valence-electron chi connectivity index (χ0n) is 12.6. The molecule has 0 unspecified atom stereocenters. The summed E-state index contributed by atoms with van der Waals surface area (Å²) in [5, 5.41) is 11.7. The number of hydrogen-bond donors (Lipinski definition) is 3. The second kappa shape index (κ2) is 7.47. The number of amides is 1. The van der Waals surface area contributed by atoms with Gasteiger partial charge in [0, 0.05) is 10.4 Å². The van der Waals surface area contributed by atoms with Gasteiger partial charge in [0.1, 0.15) is 6.04 Å². The maximum atomic E-state index is 11.9. The Balaban J connectivity index is 2.51. The Kier molecular flexibility index (Phi) is 6.23. The van der Waals surface area contributed by atoms with Gasteiger partial charge in [-0.3, -0.25) is 9.59 Å². The van der Waals surface area contributed by atoms with Crippen molar-refractivity contribution in [3.63, 3.8) is 0 Å². The summed E-state index contributed by atoms with van der Waals surface area (Å²) in [6.45, 7) is 5.51. The van der Waals surface area contributed by atoms with Gasteiger partial charge in [-0.1, -0.05) is 19.1 Å². The average Bonchev–Trinajstić information content (AvgIpc) is 2.45. The highest BCUT2D eigenvalue weighted by atomic mass is 32.2. The van der Waals surface area contributed by atoms with Crippen LogP contribution in [0.1, 0.15) is 26.3 Å². The lowest BCUT2D eigenvalue weighted by Gasteiger charge is -2.27. The molecule has 1 amide bonds. The molecule has 0 heterocycles. The zero-order chi connectivity index (χ0) is 16.0. The molecule has 5 nitrogen and oxygen atoms in total. The van der Waals surface area contributed by atoms with Crippen LogP contribution in [0.25, 0.3) is 0 Å². The monoisotopic (exact) mass is 310 g/mol. The summed E-state index contributed by atoms with van der Waals surface area (Å²) >= 11 is 1.23. The smallest absolute Gasteiger partial charge is 0.321 e. The van der Waals surface area contributed by atoms with Crippen molar-refractivity contribution in [1.29, 1.82) is 0 Å². The van der Waals surface area contributed by atoms with Crippen LogP contribution in [0.3, 0.4) is 0 Å². The van der Waals surface area contributed by atoms with Crippen LogP contribution in [0.15, 0.2) is 24.3 Å². The third kappa shape index (κ3) is 5.40. The number of hydrogen-bond acceptors (Lipinski definition) is 4. The first-order valence-electron chi connectivity index (χ1n) is 6.77. The minimum Gasteiger partial charge on any atom is -0.480 e. The third-order valence-corrected chi connectivity index (χ3v) is 4.64. The average molecular weight is 310 g/mol. The highest BCUT2D eigenvalue weighted by Crippen LogP contribution is 2.27. The van der Waals surface area contributed by atoms with E-state index in [1.807, 2.05) is 24.3 Å². The van der Waals surface area contributed by atoms with E-state index in [9.17, 15) is 9.59 Å². The van der Waals surface area contributed by atoms with E-state index in [4.69, 9.17) is 10.8 Å². The molecule has 0 bridgehead atoms. The van der Waals surface area contributed by atoms with Crippen molar-refractivity contribution in [2.45, 2.75) is 38.0 Å². The molecule has 1 aromatic rings. The van der Waals surface area contributed by atoms with E-state index in [0.717, 1.165) is 12.1 Å². The normalized spacial score (nSPS) is 12.8. The Bertz CT molecular complexity index is 500. The molecule has 0 aromatic heterocycles. The van der Waals surface area contributed by atoms with Crippen molar-refractivity contribution < 1.29 is 14.7 Å². The van der Waals surface area contributed by atoms with Crippen molar-refractivity contribution in [2.24, 2.45) is 5.73 Å². The van der Waals surface area contributed by atoms with Gasteiger partial charge in [-0.25, -0.2) is 0 Å². The van der Waals surface area contributed by atoms with E-state index in [0.29, 0.717) is 0 Å². The van der Waals surface area contributed by atoms with Gasteiger partial charge in [-0.15, -0.1) is 11.8 Å². The van der Waals surface area contributed by atoms with Crippen molar-refractivity contribution in [3.05, 3.63) is 29.8 Å². The number of aryl methyl sites for hydroxylation is 1. The van der Waals surface area contributed by atoms with Crippen LogP contribution in [0.2, 0.25) is 0 Å². The van der Waals surface area contributed by atoms with Crippen LogP contribution < -0.4 is 11.1 Å². The van der Waals surface area contributed by atoms with E-state index in [1.54, 1.807) is 13.8 Å². The predicted molar refractivity (Wildman–Crippen MR) is 86.6 cm³/mol. The molecule has 21 heavy (non-hydrogen) atoms.